The number of methoxy groups -OCH3 is 3. The molecule has 2 heterocycles. The zero-order valence-electron chi connectivity index (χ0n) is 18.9. The molecule has 4 aromatic rings. The number of anilines is 3. The van der Waals surface area contributed by atoms with Gasteiger partial charge in [-0.2, -0.15) is 0 Å². The van der Waals surface area contributed by atoms with Crippen LogP contribution >= 0.6 is 0 Å². The molecule has 0 saturated heterocycles. The number of aromatic nitrogens is 3. The molecule has 0 aliphatic carbocycles. The summed E-state index contributed by atoms with van der Waals surface area (Å²) in [6, 6.07) is 17.8. The molecule has 172 valence electrons. The number of hydrogen-bond donors (Lipinski definition) is 2. The van der Waals surface area contributed by atoms with Crippen LogP contribution in [0.2, 0.25) is 0 Å². The number of pyridine rings is 1. The Morgan fingerprint density at radius 3 is 2.09 bits per heavy atom. The summed E-state index contributed by atoms with van der Waals surface area (Å²) >= 11 is 0. The predicted molar refractivity (Wildman–Crippen MR) is 129 cm³/mol. The molecule has 0 spiro atoms. The van der Waals surface area contributed by atoms with Crippen molar-refractivity contribution in [3.63, 3.8) is 0 Å². The van der Waals surface area contributed by atoms with Gasteiger partial charge in [-0.15, -0.1) is 0 Å². The maximum atomic E-state index is 12.8. The van der Waals surface area contributed by atoms with Gasteiger partial charge in [-0.05, 0) is 54.6 Å². The molecule has 0 fully saturated rings. The molecule has 0 saturated carbocycles. The SMILES string of the molecule is COc1cc(C(=O)Nc2ccc(Nc3nccc(-c4ccccn4)n3)cc2)cc(OC)c1OC. The van der Waals surface area contributed by atoms with Crippen molar-refractivity contribution in [3.8, 4) is 28.6 Å². The Morgan fingerprint density at radius 2 is 1.47 bits per heavy atom. The quantitative estimate of drug-likeness (QED) is 0.397. The fraction of sp³-hybridized carbons (Fsp3) is 0.120. The summed E-state index contributed by atoms with van der Waals surface area (Å²) in [4.78, 5) is 25.9. The summed E-state index contributed by atoms with van der Waals surface area (Å²) in [5.41, 5.74) is 3.23. The molecule has 0 unspecified atom stereocenters. The van der Waals surface area contributed by atoms with E-state index in [1.54, 1.807) is 42.7 Å². The lowest BCUT2D eigenvalue weighted by molar-refractivity contribution is 0.102. The molecule has 2 aromatic heterocycles. The van der Waals surface area contributed by atoms with Crippen molar-refractivity contribution >= 4 is 23.2 Å². The molecule has 9 nitrogen and oxygen atoms in total. The first kappa shape index (κ1) is 22.5. The summed E-state index contributed by atoms with van der Waals surface area (Å²) in [7, 11) is 4.51. The molecule has 0 aliphatic heterocycles. The van der Waals surface area contributed by atoms with Gasteiger partial charge in [-0.1, -0.05) is 6.07 Å². The highest BCUT2D eigenvalue weighted by atomic mass is 16.5. The van der Waals surface area contributed by atoms with Gasteiger partial charge >= 0.3 is 0 Å². The van der Waals surface area contributed by atoms with Crippen LogP contribution in [0.25, 0.3) is 11.4 Å². The minimum atomic E-state index is -0.314. The molecule has 9 heteroatoms. The van der Waals surface area contributed by atoms with Crippen LogP contribution in [0.3, 0.4) is 0 Å². The van der Waals surface area contributed by atoms with Crippen LogP contribution in [0.5, 0.6) is 17.2 Å². The van der Waals surface area contributed by atoms with E-state index >= 15 is 0 Å². The highest BCUT2D eigenvalue weighted by Gasteiger charge is 2.17. The van der Waals surface area contributed by atoms with Crippen LogP contribution in [0.4, 0.5) is 17.3 Å². The number of nitrogens with one attached hydrogen (secondary N) is 2. The smallest absolute Gasteiger partial charge is 0.255 e. The van der Waals surface area contributed by atoms with E-state index in [1.807, 2.05) is 30.3 Å². The van der Waals surface area contributed by atoms with Gasteiger partial charge in [-0.25, -0.2) is 9.97 Å². The molecule has 1 amide bonds. The van der Waals surface area contributed by atoms with Crippen molar-refractivity contribution in [2.45, 2.75) is 0 Å². The summed E-state index contributed by atoms with van der Waals surface area (Å²) in [5.74, 6) is 1.36. The number of rotatable bonds is 8. The van der Waals surface area contributed by atoms with E-state index in [9.17, 15) is 4.79 Å². The molecule has 4 rings (SSSR count). The van der Waals surface area contributed by atoms with Crippen molar-refractivity contribution in [1.82, 2.24) is 15.0 Å². The van der Waals surface area contributed by atoms with Gasteiger partial charge in [0.05, 0.1) is 32.7 Å². The third kappa shape index (κ3) is 5.04. The van der Waals surface area contributed by atoms with Gasteiger partial charge in [0.2, 0.25) is 11.7 Å². The summed E-state index contributed by atoms with van der Waals surface area (Å²) < 4.78 is 15.9. The van der Waals surface area contributed by atoms with Crippen LogP contribution in [0.1, 0.15) is 10.4 Å². The number of amides is 1. The van der Waals surface area contributed by atoms with E-state index in [2.05, 4.69) is 25.6 Å². The predicted octanol–water partition coefficient (Wildman–Crippen LogP) is 4.56. The average Bonchev–Trinajstić information content (AvgIpc) is 2.89. The number of benzene rings is 2. The van der Waals surface area contributed by atoms with Crippen LogP contribution < -0.4 is 24.8 Å². The van der Waals surface area contributed by atoms with Crippen LogP contribution in [-0.4, -0.2) is 42.2 Å². The maximum absolute atomic E-state index is 12.8. The zero-order valence-corrected chi connectivity index (χ0v) is 18.9. The molecule has 2 aromatic carbocycles. The molecule has 34 heavy (non-hydrogen) atoms. The summed E-state index contributed by atoms with van der Waals surface area (Å²) in [5, 5.41) is 6.02. The minimum Gasteiger partial charge on any atom is -0.493 e. The van der Waals surface area contributed by atoms with Crippen LogP contribution in [0.15, 0.2) is 73.1 Å². The third-order valence-electron chi connectivity index (χ3n) is 4.91. The number of carbonyl (C=O) groups excluding carboxylic acids is 1. The van der Waals surface area contributed by atoms with Gasteiger partial charge in [0, 0.05) is 29.3 Å². The second kappa shape index (κ2) is 10.3. The zero-order chi connectivity index (χ0) is 23.9. The molecule has 0 bridgehead atoms. The minimum absolute atomic E-state index is 0.314. The van der Waals surface area contributed by atoms with E-state index in [4.69, 9.17) is 14.2 Å². The van der Waals surface area contributed by atoms with Gasteiger partial charge in [0.25, 0.3) is 5.91 Å². The van der Waals surface area contributed by atoms with Crippen LogP contribution in [-0.2, 0) is 0 Å². The Bertz CT molecular complexity index is 1260. The second-order valence-corrected chi connectivity index (χ2v) is 7.05. The second-order valence-electron chi connectivity index (χ2n) is 7.05. The lowest BCUT2D eigenvalue weighted by Gasteiger charge is -2.14. The number of nitrogens with zero attached hydrogens (tertiary/aromatic N) is 3. The van der Waals surface area contributed by atoms with Gasteiger partial charge < -0.3 is 24.8 Å². The molecule has 0 aliphatic rings. The lowest BCUT2D eigenvalue weighted by Crippen LogP contribution is -2.12. The first-order valence-electron chi connectivity index (χ1n) is 10.3. The average molecular weight is 457 g/mol. The first-order chi connectivity index (χ1) is 16.6. The highest BCUT2D eigenvalue weighted by molar-refractivity contribution is 6.05. The van der Waals surface area contributed by atoms with Crippen molar-refractivity contribution in [1.29, 1.82) is 0 Å². The topological polar surface area (TPSA) is 107 Å². The van der Waals surface area contributed by atoms with E-state index in [-0.39, 0.29) is 5.91 Å². The Kier molecular flexibility index (Phi) is 6.83. The standard InChI is InChI=1S/C25H23N5O4/c1-32-21-14-16(15-22(33-2)23(21)34-3)24(31)28-17-7-9-18(10-8-17)29-25-27-13-11-20(30-25)19-6-4-5-12-26-19/h4-15H,1-3H3,(H,28,31)(H,27,29,30). The van der Waals surface area contributed by atoms with E-state index < -0.39 is 0 Å². The monoisotopic (exact) mass is 457 g/mol. The Hall–Kier alpha value is -4.66. The number of hydrogen-bond acceptors (Lipinski definition) is 8. The molecule has 2 N–H and O–H groups in total. The lowest BCUT2D eigenvalue weighted by atomic mass is 10.1. The van der Waals surface area contributed by atoms with Crippen molar-refractivity contribution in [3.05, 3.63) is 78.6 Å². The first-order valence-corrected chi connectivity index (χ1v) is 10.3. The highest BCUT2D eigenvalue weighted by Crippen LogP contribution is 2.38. The third-order valence-corrected chi connectivity index (χ3v) is 4.91. The molecule has 0 atom stereocenters. The molecular weight excluding hydrogens is 434 g/mol. The molecular formula is C25H23N5O4. The van der Waals surface area contributed by atoms with Crippen molar-refractivity contribution in [2.75, 3.05) is 32.0 Å². The van der Waals surface area contributed by atoms with Crippen LogP contribution in [0, 0.1) is 0 Å². The van der Waals surface area contributed by atoms with Gasteiger partial charge in [0.1, 0.15) is 0 Å². The Morgan fingerprint density at radius 1 is 0.765 bits per heavy atom. The van der Waals surface area contributed by atoms with Gasteiger partial charge in [-0.3, -0.25) is 9.78 Å². The van der Waals surface area contributed by atoms with E-state index in [1.165, 1.54) is 21.3 Å². The number of ether oxygens (including phenoxy) is 3. The fourth-order valence-corrected chi connectivity index (χ4v) is 3.26. The van der Waals surface area contributed by atoms with Gasteiger partial charge in [0.15, 0.2) is 11.5 Å². The molecule has 0 radical (unpaired) electrons. The van der Waals surface area contributed by atoms with E-state index in [0.717, 1.165) is 11.4 Å². The Balaban J connectivity index is 1.46. The summed E-state index contributed by atoms with van der Waals surface area (Å²) in [6.07, 6.45) is 3.39. The van der Waals surface area contributed by atoms with Crippen molar-refractivity contribution < 1.29 is 19.0 Å². The van der Waals surface area contributed by atoms with Crippen molar-refractivity contribution in [2.24, 2.45) is 0 Å². The summed E-state index contributed by atoms with van der Waals surface area (Å²) in [6.45, 7) is 0. The largest absolute Gasteiger partial charge is 0.493 e. The van der Waals surface area contributed by atoms with E-state index in [0.29, 0.717) is 40.1 Å². The fourth-order valence-electron chi connectivity index (χ4n) is 3.26. The Labute approximate surface area is 196 Å². The number of carbonyl (C=O) groups is 1. The normalized spacial score (nSPS) is 10.3. The maximum Gasteiger partial charge on any atom is 0.255 e.